The van der Waals surface area contributed by atoms with Gasteiger partial charge in [0.2, 0.25) is 0 Å². The van der Waals surface area contributed by atoms with Crippen LogP contribution in [0.1, 0.15) is 24.3 Å². The van der Waals surface area contributed by atoms with Crippen LogP contribution in [0.15, 0.2) is 12.1 Å². The molecule has 0 spiro atoms. The average molecular weight is 234 g/mol. The summed E-state index contributed by atoms with van der Waals surface area (Å²) in [7, 11) is 1.94. The van der Waals surface area contributed by atoms with Crippen LogP contribution in [0.4, 0.5) is 0 Å². The van der Waals surface area contributed by atoms with Crippen LogP contribution in [0.25, 0.3) is 0 Å². The van der Waals surface area contributed by atoms with Crippen LogP contribution in [0, 0.1) is 0 Å². The van der Waals surface area contributed by atoms with E-state index in [1.807, 2.05) is 19.2 Å². The van der Waals surface area contributed by atoms with Crippen LogP contribution in [0.2, 0.25) is 4.34 Å². The van der Waals surface area contributed by atoms with Crippen molar-refractivity contribution in [1.29, 1.82) is 0 Å². The van der Waals surface area contributed by atoms with Gasteiger partial charge in [-0.05, 0) is 25.6 Å². The van der Waals surface area contributed by atoms with E-state index >= 15 is 0 Å². The van der Waals surface area contributed by atoms with E-state index in [1.165, 1.54) is 4.88 Å². The summed E-state index contributed by atoms with van der Waals surface area (Å²) in [4.78, 5) is 1.23. The van der Waals surface area contributed by atoms with E-state index in [2.05, 4.69) is 12.2 Å². The number of hydrogen-bond donors (Lipinski definition) is 1. The maximum Gasteiger partial charge on any atom is 0.0931 e. The van der Waals surface area contributed by atoms with Gasteiger partial charge in [0.25, 0.3) is 0 Å². The molecule has 0 fully saturated rings. The van der Waals surface area contributed by atoms with Gasteiger partial charge in [-0.15, -0.1) is 11.3 Å². The lowest BCUT2D eigenvalue weighted by molar-refractivity contribution is 0.115. The molecule has 0 saturated heterocycles. The van der Waals surface area contributed by atoms with Gasteiger partial charge >= 0.3 is 0 Å². The Morgan fingerprint density at radius 1 is 1.57 bits per heavy atom. The lowest BCUT2D eigenvalue weighted by Crippen LogP contribution is -2.20. The molecule has 0 aliphatic heterocycles. The molecule has 80 valence electrons. The Balaban J connectivity index is 2.45. The van der Waals surface area contributed by atoms with Crippen LogP contribution in [-0.2, 0) is 4.74 Å². The van der Waals surface area contributed by atoms with Crippen LogP contribution >= 0.6 is 22.9 Å². The number of likely N-dealkylation sites (N-methyl/N-ethyl adjacent to an activating group) is 1. The molecule has 0 aromatic carbocycles. The Morgan fingerprint density at radius 2 is 2.36 bits per heavy atom. The molecule has 0 saturated carbocycles. The summed E-state index contributed by atoms with van der Waals surface area (Å²) in [5.74, 6) is 0. The molecule has 1 rings (SSSR count). The summed E-state index contributed by atoms with van der Waals surface area (Å²) in [5, 5.41) is 3.22. The fourth-order valence-corrected chi connectivity index (χ4v) is 2.32. The fraction of sp³-hybridized carbons (Fsp3) is 0.600. The summed E-state index contributed by atoms with van der Waals surface area (Å²) in [5.41, 5.74) is 0. The van der Waals surface area contributed by atoms with E-state index in [0.717, 1.165) is 17.4 Å². The average Bonchev–Trinajstić information content (AvgIpc) is 2.60. The van der Waals surface area contributed by atoms with Crippen molar-refractivity contribution in [3.8, 4) is 0 Å². The van der Waals surface area contributed by atoms with Crippen molar-refractivity contribution in [3.05, 3.63) is 21.3 Å². The van der Waals surface area contributed by atoms with Crippen molar-refractivity contribution in [2.75, 3.05) is 20.3 Å². The largest absolute Gasteiger partial charge is 0.379 e. The molecule has 0 bridgehead atoms. The number of ether oxygens (including phenoxy) is 1. The van der Waals surface area contributed by atoms with Crippen LogP contribution in [0.3, 0.4) is 0 Å². The minimum atomic E-state index is 0.263. The number of nitrogens with one attached hydrogen (secondary N) is 1. The summed E-state index contributed by atoms with van der Waals surface area (Å²) in [6, 6.07) is 4.23. The molecule has 0 amide bonds. The summed E-state index contributed by atoms with van der Waals surface area (Å²) in [6.07, 6.45) is 1.06. The van der Waals surface area contributed by atoms with Crippen LogP contribution in [0.5, 0.6) is 0 Å². The van der Waals surface area contributed by atoms with E-state index in [9.17, 15) is 0 Å². The molecule has 1 aromatic heterocycles. The first-order valence-electron chi connectivity index (χ1n) is 4.78. The molecule has 2 nitrogen and oxygen atoms in total. The van der Waals surface area contributed by atoms with Gasteiger partial charge in [-0.1, -0.05) is 18.5 Å². The van der Waals surface area contributed by atoms with Crippen molar-refractivity contribution in [2.45, 2.75) is 19.4 Å². The van der Waals surface area contributed by atoms with Gasteiger partial charge in [0.15, 0.2) is 0 Å². The molecule has 1 heterocycles. The topological polar surface area (TPSA) is 21.3 Å². The zero-order chi connectivity index (χ0) is 10.4. The molecule has 1 aromatic rings. The first-order valence-corrected chi connectivity index (χ1v) is 5.97. The Morgan fingerprint density at radius 3 is 2.86 bits per heavy atom. The van der Waals surface area contributed by atoms with Gasteiger partial charge < -0.3 is 10.1 Å². The molecular formula is C10H16ClNOS. The minimum absolute atomic E-state index is 0.263. The van der Waals surface area contributed by atoms with Crippen LogP contribution in [-0.4, -0.2) is 20.3 Å². The van der Waals surface area contributed by atoms with Crippen molar-refractivity contribution in [2.24, 2.45) is 0 Å². The van der Waals surface area contributed by atoms with Gasteiger partial charge in [0, 0.05) is 11.5 Å². The fourth-order valence-electron chi connectivity index (χ4n) is 1.17. The first-order chi connectivity index (χ1) is 6.77. The monoisotopic (exact) mass is 233 g/mol. The highest BCUT2D eigenvalue weighted by Gasteiger charge is 2.11. The second kappa shape index (κ2) is 6.40. The Bertz CT molecular complexity index is 264. The third kappa shape index (κ3) is 3.58. The van der Waals surface area contributed by atoms with Crippen molar-refractivity contribution in [1.82, 2.24) is 5.32 Å². The molecular weight excluding hydrogens is 218 g/mol. The zero-order valence-corrected chi connectivity index (χ0v) is 10.1. The van der Waals surface area contributed by atoms with Gasteiger partial charge in [-0.3, -0.25) is 0 Å². The van der Waals surface area contributed by atoms with Crippen LogP contribution < -0.4 is 5.32 Å². The smallest absolute Gasteiger partial charge is 0.0931 e. The van der Waals surface area contributed by atoms with E-state index in [1.54, 1.807) is 11.3 Å². The van der Waals surface area contributed by atoms with E-state index in [4.69, 9.17) is 16.3 Å². The third-order valence-electron chi connectivity index (χ3n) is 1.92. The zero-order valence-electron chi connectivity index (χ0n) is 8.55. The number of thiophene rings is 1. The van der Waals surface area contributed by atoms with Gasteiger partial charge in [-0.2, -0.15) is 0 Å². The quantitative estimate of drug-likeness (QED) is 0.763. The number of hydrogen-bond acceptors (Lipinski definition) is 3. The maximum absolute atomic E-state index is 5.87. The van der Waals surface area contributed by atoms with Gasteiger partial charge in [0.1, 0.15) is 0 Å². The molecule has 1 unspecified atom stereocenters. The number of halogens is 1. The lowest BCUT2D eigenvalue weighted by atomic mass is 10.2. The molecule has 4 heteroatoms. The molecule has 14 heavy (non-hydrogen) atoms. The summed E-state index contributed by atoms with van der Waals surface area (Å²) in [6.45, 7) is 3.63. The third-order valence-corrected chi connectivity index (χ3v) is 3.26. The summed E-state index contributed by atoms with van der Waals surface area (Å²) < 4.78 is 6.33. The Labute approximate surface area is 94.2 Å². The molecule has 0 aliphatic rings. The Hall–Kier alpha value is -0.0900. The van der Waals surface area contributed by atoms with E-state index in [-0.39, 0.29) is 6.04 Å². The van der Waals surface area contributed by atoms with Gasteiger partial charge in [-0.25, -0.2) is 0 Å². The van der Waals surface area contributed by atoms with Crippen molar-refractivity contribution >= 4 is 22.9 Å². The first kappa shape index (κ1) is 12.0. The van der Waals surface area contributed by atoms with Gasteiger partial charge in [0.05, 0.1) is 17.0 Å². The lowest BCUT2D eigenvalue weighted by Gasteiger charge is -2.14. The maximum atomic E-state index is 5.87. The SMILES string of the molecule is CCCOCC(NC)c1ccc(Cl)s1. The highest BCUT2D eigenvalue weighted by atomic mass is 35.5. The normalized spacial score (nSPS) is 13.1. The Kier molecular flexibility index (Phi) is 5.48. The van der Waals surface area contributed by atoms with E-state index < -0.39 is 0 Å². The van der Waals surface area contributed by atoms with E-state index in [0.29, 0.717) is 6.61 Å². The second-order valence-electron chi connectivity index (χ2n) is 3.06. The molecule has 1 N–H and O–H groups in total. The van der Waals surface area contributed by atoms with Crippen molar-refractivity contribution in [3.63, 3.8) is 0 Å². The second-order valence-corrected chi connectivity index (χ2v) is 4.80. The highest BCUT2D eigenvalue weighted by molar-refractivity contribution is 7.16. The summed E-state index contributed by atoms with van der Waals surface area (Å²) >= 11 is 7.47. The number of rotatable bonds is 6. The standard InChI is InChI=1S/C10H16ClNOS/c1-3-6-13-7-8(12-2)9-4-5-10(11)14-9/h4-5,8,12H,3,6-7H2,1-2H3. The predicted octanol–water partition coefficient (Wildman–Crippen LogP) is 3.09. The minimum Gasteiger partial charge on any atom is -0.379 e. The molecule has 1 atom stereocenters. The molecule has 0 aliphatic carbocycles. The predicted molar refractivity (Wildman–Crippen MR) is 62.2 cm³/mol. The molecule has 0 radical (unpaired) electrons. The van der Waals surface area contributed by atoms with Crippen molar-refractivity contribution < 1.29 is 4.74 Å². The highest BCUT2D eigenvalue weighted by Crippen LogP contribution is 2.26.